The number of ether oxygens (including phenoxy) is 2. The number of nitrogens with zero attached hydrogens (tertiary/aromatic N) is 3. The number of para-hydroxylation sites is 1. The number of nitrogen functional groups attached to an aromatic ring is 1. The van der Waals surface area contributed by atoms with Gasteiger partial charge in [-0.05, 0) is 39.8 Å². The maximum atomic E-state index is 13.7. The van der Waals surface area contributed by atoms with E-state index in [2.05, 4.69) is 20.0 Å². The number of rotatable bonds is 10. The molecule has 1 fully saturated rings. The number of aromatic amines is 1. The normalized spacial score (nSPS) is 25.5. The van der Waals surface area contributed by atoms with E-state index in [1.54, 1.807) is 44.2 Å². The van der Waals surface area contributed by atoms with Gasteiger partial charge in [0.2, 0.25) is 5.95 Å². The fourth-order valence-electron chi connectivity index (χ4n) is 4.00. The van der Waals surface area contributed by atoms with Crippen LogP contribution in [0.5, 0.6) is 5.75 Å². The van der Waals surface area contributed by atoms with Crippen molar-refractivity contribution < 1.29 is 38.1 Å². The number of carbonyl (C=O) groups excluding carboxylic acids is 1. The van der Waals surface area contributed by atoms with E-state index in [1.165, 1.54) is 24.7 Å². The molecule has 212 valence electrons. The highest BCUT2D eigenvalue weighted by Crippen LogP contribution is 2.47. The van der Waals surface area contributed by atoms with Crippen LogP contribution in [0.15, 0.2) is 41.5 Å². The highest BCUT2D eigenvalue weighted by molar-refractivity contribution is 7.52. The number of anilines is 1. The maximum Gasteiger partial charge on any atom is 0.459 e. The Morgan fingerprint density at radius 2 is 2.03 bits per heavy atom. The number of hydrogen-bond acceptors (Lipinski definition) is 12. The number of imidazole rings is 1. The Kier molecular flexibility index (Phi) is 8.12. The lowest BCUT2D eigenvalue weighted by Gasteiger charge is -2.27. The number of aliphatic hydroxyl groups excluding tert-OH is 1. The van der Waals surface area contributed by atoms with Gasteiger partial charge in [-0.25, -0.2) is 9.55 Å². The number of nitrogens with one attached hydrogen (secondary N) is 2. The van der Waals surface area contributed by atoms with E-state index in [1.807, 2.05) is 0 Å². The minimum absolute atomic E-state index is 0.0209. The van der Waals surface area contributed by atoms with Crippen molar-refractivity contribution in [1.29, 1.82) is 0 Å². The van der Waals surface area contributed by atoms with Gasteiger partial charge in [0.25, 0.3) is 5.56 Å². The lowest BCUT2D eigenvalue weighted by atomic mass is 9.96. The van der Waals surface area contributed by atoms with Crippen molar-refractivity contribution in [2.45, 2.75) is 63.9 Å². The summed E-state index contributed by atoms with van der Waals surface area (Å²) in [6, 6.07) is 7.04. The Morgan fingerprint density at radius 1 is 1.33 bits per heavy atom. The fourth-order valence-corrected chi connectivity index (χ4v) is 5.50. The van der Waals surface area contributed by atoms with Crippen molar-refractivity contribution in [1.82, 2.24) is 24.6 Å². The van der Waals surface area contributed by atoms with Gasteiger partial charge in [-0.1, -0.05) is 18.2 Å². The minimum atomic E-state index is -4.26. The molecule has 0 aliphatic carbocycles. The number of H-pyrrole nitrogens is 1. The van der Waals surface area contributed by atoms with Crippen LogP contribution in [-0.2, 0) is 23.4 Å². The molecule has 6 N–H and O–H groups in total. The lowest BCUT2D eigenvalue weighted by molar-refractivity contribution is -0.149. The van der Waals surface area contributed by atoms with Crippen LogP contribution in [0.25, 0.3) is 11.2 Å². The highest BCUT2D eigenvalue weighted by Gasteiger charge is 2.54. The summed E-state index contributed by atoms with van der Waals surface area (Å²) in [6.45, 7) is 5.56. The molecular weight excluding hydrogens is 535 g/mol. The highest BCUT2D eigenvalue weighted by atomic mass is 31.2. The number of aliphatic hydroxyl groups is 2. The lowest BCUT2D eigenvalue weighted by Crippen LogP contribution is -2.44. The Morgan fingerprint density at radius 3 is 2.69 bits per heavy atom. The second-order valence-corrected chi connectivity index (χ2v) is 11.2. The monoisotopic (exact) mass is 566 g/mol. The quantitative estimate of drug-likeness (QED) is 0.170. The SMILES string of the molecule is CC(C)OC(=O)[C@H](C)N[P@@](=O)(OC[C@H]1O[C@@H](n2cnc3c(=O)[nH]c(N)nc32)[C@](C)(O)[C@@H]1O)Oc1ccccc1. The van der Waals surface area contributed by atoms with Crippen LogP contribution >= 0.6 is 7.75 Å². The summed E-state index contributed by atoms with van der Waals surface area (Å²) in [4.78, 5) is 34.9. The summed E-state index contributed by atoms with van der Waals surface area (Å²) < 4.78 is 37.2. The second kappa shape index (κ2) is 11.0. The van der Waals surface area contributed by atoms with E-state index in [0.29, 0.717) is 0 Å². The standard InChI is InChI=1S/C23H31N6O9P/c1-12(2)36-20(32)13(3)28-39(34,38-14-8-6-5-7-9-14)35-10-15-17(30)23(4,33)21(37-15)29-11-25-16-18(29)26-22(24)27-19(16)31/h5-9,11-13,15,17,21,30,33H,10H2,1-4H3,(H,28,34)(H3,24,26,27,31)/t13-,15+,17+,21+,23+,39+/m0/s1. The fraction of sp³-hybridized carbons (Fsp3) is 0.478. The average Bonchev–Trinajstić information content (AvgIpc) is 3.36. The molecule has 3 heterocycles. The Bertz CT molecular complexity index is 1430. The zero-order valence-electron chi connectivity index (χ0n) is 21.7. The molecule has 0 amide bonds. The maximum absolute atomic E-state index is 13.7. The molecule has 3 aromatic rings. The van der Waals surface area contributed by atoms with Gasteiger partial charge in [-0.2, -0.15) is 10.1 Å². The molecule has 1 aliphatic heterocycles. The van der Waals surface area contributed by atoms with Crippen LogP contribution in [0.2, 0.25) is 0 Å². The van der Waals surface area contributed by atoms with E-state index in [-0.39, 0.29) is 22.9 Å². The van der Waals surface area contributed by atoms with E-state index in [4.69, 9.17) is 24.3 Å². The molecule has 0 bridgehead atoms. The predicted octanol–water partition coefficient (Wildman–Crippen LogP) is 0.845. The van der Waals surface area contributed by atoms with Crippen molar-refractivity contribution in [3.05, 3.63) is 47.0 Å². The first-order chi connectivity index (χ1) is 18.3. The van der Waals surface area contributed by atoms with Gasteiger partial charge in [0.15, 0.2) is 17.4 Å². The predicted molar refractivity (Wildman–Crippen MR) is 138 cm³/mol. The molecule has 0 saturated carbocycles. The molecular formula is C23H31N6O9P. The molecule has 1 saturated heterocycles. The van der Waals surface area contributed by atoms with E-state index in [0.717, 1.165) is 0 Å². The van der Waals surface area contributed by atoms with Crippen LogP contribution in [0.1, 0.15) is 33.9 Å². The van der Waals surface area contributed by atoms with Crippen LogP contribution < -0.4 is 20.9 Å². The number of carbonyl (C=O) groups is 1. The molecule has 15 nitrogen and oxygen atoms in total. The second-order valence-electron chi connectivity index (χ2n) is 9.51. The van der Waals surface area contributed by atoms with Gasteiger partial charge in [-0.3, -0.25) is 23.7 Å². The van der Waals surface area contributed by atoms with Gasteiger partial charge >= 0.3 is 13.7 Å². The number of esters is 1. The topological polar surface area (TPSA) is 213 Å². The summed E-state index contributed by atoms with van der Waals surface area (Å²) in [5, 5.41) is 24.6. The van der Waals surface area contributed by atoms with Crippen LogP contribution in [0, 0.1) is 0 Å². The Balaban J connectivity index is 1.56. The summed E-state index contributed by atoms with van der Waals surface area (Å²) in [5.74, 6) is -0.670. The largest absolute Gasteiger partial charge is 0.462 e. The number of aromatic nitrogens is 4. The van der Waals surface area contributed by atoms with Gasteiger partial charge in [0.05, 0.1) is 19.0 Å². The Labute approximate surface area is 222 Å². The molecule has 4 rings (SSSR count). The third-order valence-electron chi connectivity index (χ3n) is 5.89. The van der Waals surface area contributed by atoms with Crippen molar-refractivity contribution in [2.75, 3.05) is 12.3 Å². The zero-order chi connectivity index (χ0) is 28.5. The van der Waals surface area contributed by atoms with E-state index in [9.17, 15) is 24.4 Å². The molecule has 1 aliphatic rings. The van der Waals surface area contributed by atoms with E-state index < -0.39 is 62.1 Å². The van der Waals surface area contributed by atoms with Crippen LogP contribution in [-0.4, -0.2) is 72.3 Å². The van der Waals surface area contributed by atoms with E-state index >= 15 is 0 Å². The molecule has 0 unspecified atom stereocenters. The number of fused-ring (bicyclic) bond motifs is 1. The number of nitrogens with two attached hydrogens (primary N) is 1. The number of hydrogen-bond donors (Lipinski definition) is 5. The first-order valence-corrected chi connectivity index (χ1v) is 13.6. The zero-order valence-corrected chi connectivity index (χ0v) is 22.6. The van der Waals surface area contributed by atoms with Crippen molar-refractivity contribution >= 4 is 30.8 Å². The van der Waals surface area contributed by atoms with Crippen molar-refractivity contribution in [3.8, 4) is 5.75 Å². The van der Waals surface area contributed by atoms with Gasteiger partial charge in [0.1, 0.15) is 29.6 Å². The van der Waals surface area contributed by atoms with Crippen LogP contribution in [0.4, 0.5) is 5.95 Å². The summed E-state index contributed by atoms with van der Waals surface area (Å²) in [5.41, 5.74) is 3.11. The first-order valence-electron chi connectivity index (χ1n) is 12.1. The summed E-state index contributed by atoms with van der Waals surface area (Å²) in [7, 11) is -4.26. The Hall–Kier alpha value is -3.33. The summed E-state index contributed by atoms with van der Waals surface area (Å²) >= 11 is 0. The molecule has 16 heteroatoms. The average molecular weight is 567 g/mol. The third-order valence-corrected chi connectivity index (χ3v) is 7.54. The minimum Gasteiger partial charge on any atom is -0.462 e. The first kappa shape index (κ1) is 28.7. The van der Waals surface area contributed by atoms with Crippen molar-refractivity contribution in [2.24, 2.45) is 0 Å². The number of benzene rings is 1. The van der Waals surface area contributed by atoms with Gasteiger partial charge < -0.3 is 29.9 Å². The summed E-state index contributed by atoms with van der Waals surface area (Å²) in [6.07, 6.45) is -3.24. The third kappa shape index (κ3) is 6.13. The molecule has 6 atom stereocenters. The smallest absolute Gasteiger partial charge is 0.459 e. The molecule has 0 radical (unpaired) electrons. The molecule has 2 aromatic heterocycles. The van der Waals surface area contributed by atoms with Gasteiger partial charge in [0, 0.05) is 0 Å². The van der Waals surface area contributed by atoms with Crippen LogP contribution in [0.3, 0.4) is 0 Å². The molecule has 39 heavy (non-hydrogen) atoms. The van der Waals surface area contributed by atoms with Crippen molar-refractivity contribution in [3.63, 3.8) is 0 Å². The van der Waals surface area contributed by atoms with Gasteiger partial charge in [-0.15, -0.1) is 0 Å². The molecule has 1 aromatic carbocycles. The molecule has 0 spiro atoms.